The van der Waals surface area contributed by atoms with Crippen molar-refractivity contribution in [2.24, 2.45) is 0 Å². The van der Waals surface area contributed by atoms with Gasteiger partial charge in [-0.15, -0.1) is 0 Å². The van der Waals surface area contributed by atoms with Crippen LogP contribution >= 0.6 is 0 Å². The Morgan fingerprint density at radius 3 is 2.30 bits per heavy atom. The molecular weight excluding hydrogens is 434 g/mol. The Bertz CT molecular complexity index is 1140. The van der Waals surface area contributed by atoms with E-state index in [1.165, 1.54) is 24.3 Å². The Labute approximate surface area is 189 Å². The van der Waals surface area contributed by atoms with Gasteiger partial charge in [0.2, 0.25) is 0 Å². The van der Waals surface area contributed by atoms with Crippen molar-refractivity contribution in [1.29, 1.82) is 0 Å². The molecule has 0 saturated heterocycles. The van der Waals surface area contributed by atoms with Gasteiger partial charge in [-0.05, 0) is 80.1 Å². The summed E-state index contributed by atoms with van der Waals surface area (Å²) in [7, 11) is 0. The molecule has 4 nitrogen and oxygen atoms in total. The molecule has 8 heteroatoms. The highest BCUT2D eigenvalue weighted by atomic mass is 19.4. The summed E-state index contributed by atoms with van der Waals surface area (Å²) in [5.74, 6) is -0.657. The van der Waals surface area contributed by atoms with E-state index in [2.05, 4.69) is 15.6 Å². The Hall–Kier alpha value is -3.16. The highest BCUT2D eigenvalue weighted by Crippen LogP contribution is 2.35. The summed E-state index contributed by atoms with van der Waals surface area (Å²) >= 11 is 0. The average molecular weight is 459 g/mol. The number of nitrogens with zero attached hydrogens (tertiary/aromatic N) is 1. The van der Waals surface area contributed by atoms with E-state index in [4.69, 9.17) is 0 Å². The van der Waals surface area contributed by atoms with Crippen molar-refractivity contribution in [2.75, 3.05) is 5.32 Å². The fourth-order valence-corrected chi connectivity index (χ4v) is 4.23. The number of nitrogens with one attached hydrogen (secondary N) is 2. The summed E-state index contributed by atoms with van der Waals surface area (Å²) in [5.41, 5.74) is 1.25. The maximum absolute atomic E-state index is 13.4. The molecule has 174 valence electrons. The number of hydrogen-bond donors (Lipinski definition) is 2. The van der Waals surface area contributed by atoms with Crippen molar-refractivity contribution in [1.82, 2.24) is 10.3 Å². The van der Waals surface area contributed by atoms with Gasteiger partial charge in [0.05, 0.1) is 5.52 Å². The topological polar surface area (TPSA) is 54.0 Å². The molecule has 0 aliphatic heterocycles. The number of alkyl halides is 3. The first-order chi connectivity index (χ1) is 15.7. The third kappa shape index (κ3) is 5.43. The largest absolute Gasteiger partial charge is 0.433 e. The van der Waals surface area contributed by atoms with E-state index in [9.17, 15) is 22.4 Å². The quantitative estimate of drug-likeness (QED) is 0.453. The zero-order valence-corrected chi connectivity index (χ0v) is 18.2. The summed E-state index contributed by atoms with van der Waals surface area (Å²) < 4.78 is 53.3. The van der Waals surface area contributed by atoms with E-state index in [0.717, 1.165) is 18.1 Å². The van der Waals surface area contributed by atoms with Crippen LogP contribution < -0.4 is 10.6 Å². The molecule has 4 rings (SSSR count). The molecule has 1 aliphatic rings. The molecule has 0 radical (unpaired) electrons. The standard InChI is InChI=1S/C25H25F4N3O/c1-2-15-3-12-21-20(13-15)22(14-23(32-21)25(27,28)29)30-18-8-10-19(11-9-18)31-24(33)16-4-6-17(26)7-5-16/h3-7,12-14,18-19H,2,8-11H2,1H3,(H,30,32)(H,31,33). The van der Waals surface area contributed by atoms with Gasteiger partial charge in [0.1, 0.15) is 11.5 Å². The lowest BCUT2D eigenvalue weighted by Crippen LogP contribution is -2.40. The van der Waals surface area contributed by atoms with Gasteiger partial charge in [0, 0.05) is 28.7 Å². The number of aryl methyl sites for hydroxylation is 1. The number of carbonyl (C=O) groups excluding carboxylic acids is 1. The number of carbonyl (C=O) groups is 1. The lowest BCUT2D eigenvalue weighted by Gasteiger charge is -2.31. The Morgan fingerprint density at radius 2 is 1.67 bits per heavy atom. The molecule has 3 aromatic rings. The van der Waals surface area contributed by atoms with Crippen LogP contribution in [0.4, 0.5) is 23.2 Å². The molecule has 0 unspecified atom stereocenters. The summed E-state index contributed by atoms with van der Waals surface area (Å²) in [6.45, 7) is 1.99. The Morgan fingerprint density at radius 1 is 1.00 bits per heavy atom. The second kappa shape index (κ2) is 9.37. The minimum Gasteiger partial charge on any atom is -0.382 e. The van der Waals surface area contributed by atoms with Crippen molar-refractivity contribution >= 4 is 22.5 Å². The van der Waals surface area contributed by atoms with Crippen molar-refractivity contribution in [3.8, 4) is 0 Å². The summed E-state index contributed by atoms with van der Waals surface area (Å²) in [4.78, 5) is 16.2. The Balaban J connectivity index is 1.45. The highest BCUT2D eigenvalue weighted by Gasteiger charge is 2.34. The molecule has 2 N–H and O–H groups in total. The molecule has 1 heterocycles. The molecule has 0 spiro atoms. The average Bonchev–Trinajstić information content (AvgIpc) is 2.79. The number of anilines is 1. The molecule has 0 bridgehead atoms. The molecule has 1 amide bonds. The smallest absolute Gasteiger partial charge is 0.382 e. The van der Waals surface area contributed by atoms with Gasteiger partial charge in [-0.2, -0.15) is 13.2 Å². The Kier molecular flexibility index (Phi) is 6.54. The first kappa shape index (κ1) is 23.0. The van der Waals surface area contributed by atoms with Gasteiger partial charge in [0.25, 0.3) is 5.91 Å². The third-order valence-corrected chi connectivity index (χ3v) is 6.10. The second-order valence-electron chi connectivity index (χ2n) is 8.43. The minimum atomic E-state index is -4.53. The predicted octanol–water partition coefficient (Wildman–Crippen LogP) is 6.11. The number of fused-ring (bicyclic) bond motifs is 1. The van der Waals surface area contributed by atoms with Crippen molar-refractivity contribution < 1.29 is 22.4 Å². The summed E-state index contributed by atoms with van der Waals surface area (Å²) in [5, 5.41) is 6.94. The molecule has 2 aromatic carbocycles. The zero-order chi connectivity index (χ0) is 23.6. The monoisotopic (exact) mass is 459 g/mol. The maximum atomic E-state index is 13.4. The van der Waals surface area contributed by atoms with Crippen LogP contribution in [0.5, 0.6) is 0 Å². The number of hydrogen-bond acceptors (Lipinski definition) is 3. The summed E-state index contributed by atoms with van der Waals surface area (Å²) in [6.07, 6.45) is -0.967. The van der Waals surface area contributed by atoms with E-state index < -0.39 is 17.7 Å². The summed E-state index contributed by atoms with van der Waals surface area (Å²) in [6, 6.07) is 11.7. The van der Waals surface area contributed by atoms with E-state index in [1.807, 2.05) is 13.0 Å². The molecule has 1 aromatic heterocycles. The third-order valence-electron chi connectivity index (χ3n) is 6.10. The second-order valence-corrected chi connectivity index (χ2v) is 8.43. The number of aromatic nitrogens is 1. The molecule has 33 heavy (non-hydrogen) atoms. The molecule has 1 fully saturated rings. The van der Waals surface area contributed by atoms with Crippen molar-refractivity contribution in [3.63, 3.8) is 0 Å². The maximum Gasteiger partial charge on any atom is 0.433 e. The van der Waals surface area contributed by atoms with Crippen LogP contribution in [0.1, 0.15) is 54.2 Å². The lowest BCUT2D eigenvalue weighted by atomic mass is 9.90. The van der Waals surface area contributed by atoms with Gasteiger partial charge in [-0.3, -0.25) is 4.79 Å². The SMILES string of the molecule is CCc1ccc2nc(C(F)(F)F)cc(NC3CCC(NC(=O)c4ccc(F)cc4)CC3)c2c1. The van der Waals surface area contributed by atoms with Crippen LogP contribution in [0.25, 0.3) is 10.9 Å². The van der Waals surface area contributed by atoms with Gasteiger partial charge in [-0.25, -0.2) is 9.37 Å². The van der Waals surface area contributed by atoms with Crippen LogP contribution in [0.15, 0.2) is 48.5 Å². The normalized spacial score (nSPS) is 18.8. The molecule has 0 atom stereocenters. The van der Waals surface area contributed by atoms with E-state index in [1.54, 1.807) is 12.1 Å². The number of halogens is 4. The van der Waals surface area contributed by atoms with E-state index in [0.29, 0.717) is 47.8 Å². The fourth-order valence-electron chi connectivity index (χ4n) is 4.23. The number of rotatable bonds is 5. The number of benzene rings is 2. The minimum absolute atomic E-state index is 0.0130. The van der Waals surface area contributed by atoms with Gasteiger partial charge in [0.15, 0.2) is 0 Å². The van der Waals surface area contributed by atoms with Gasteiger partial charge >= 0.3 is 6.18 Å². The fraction of sp³-hybridized carbons (Fsp3) is 0.360. The first-order valence-electron chi connectivity index (χ1n) is 11.1. The van der Waals surface area contributed by atoms with Crippen molar-refractivity contribution in [3.05, 3.63) is 71.2 Å². The molecule has 1 saturated carbocycles. The van der Waals surface area contributed by atoms with Crippen LogP contribution in [-0.4, -0.2) is 23.0 Å². The van der Waals surface area contributed by atoms with E-state index >= 15 is 0 Å². The zero-order valence-electron chi connectivity index (χ0n) is 18.2. The van der Waals surface area contributed by atoms with Gasteiger partial charge in [-0.1, -0.05) is 13.0 Å². The highest BCUT2D eigenvalue weighted by molar-refractivity contribution is 5.94. The van der Waals surface area contributed by atoms with Crippen LogP contribution in [0.2, 0.25) is 0 Å². The molecular formula is C25H25F4N3O. The number of amides is 1. The van der Waals surface area contributed by atoms with Crippen LogP contribution in [0.3, 0.4) is 0 Å². The van der Waals surface area contributed by atoms with Crippen LogP contribution in [-0.2, 0) is 12.6 Å². The van der Waals surface area contributed by atoms with E-state index in [-0.39, 0.29) is 18.0 Å². The number of pyridine rings is 1. The first-order valence-corrected chi connectivity index (χ1v) is 11.1. The lowest BCUT2D eigenvalue weighted by molar-refractivity contribution is -0.140. The predicted molar refractivity (Wildman–Crippen MR) is 120 cm³/mol. The van der Waals surface area contributed by atoms with Crippen LogP contribution in [0, 0.1) is 5.82 Å². The van der Waals surface area contributed by atoms with Gasteiger partial charge < -0.3 is 10.6 Å². The van der Waals surface area contributed by atoms with Crippen molar-refractivity contribution in [2.45, 2.75) is 57.3 Å². The molecule has 1 aliphatic carbocycles.